The molecule has 1 unspecified atom stereocenters. The van der Waals surface area contributed by atoms with Crippen molar-refractivity contribution in [1.82, 2.24) is 0 Å². The van der Waals surface area contributed by atoms with Gasteiger partial charge in [-0.15, -0.1) is 0 Å². The minimum Gasteiger partial charge on any atom is -0.466 e. The molecule has 0 aliphatic carbocycles. The first kappa shape index (κ1) is 24.4. The van der Waals surface area contributed by atoms with Crippen LogP contribution in [0.4, 0.5) is 18.9 Å². The Balaban J connectivity index is 2.33. The molecular weight excluding hydrogens is 505 g/mol. The van der Waals surface area contributed by atoms with Gasteiger partial charge < -0.3 is 20.1 Å². The number of rotatable bonds is 4. The van der Waals surface area contributed by atoms with Gasteiger partial charge in [0.2, 0.25) is 0 Å². The number of nitrogens with zero attached hydrogens (tertiary/aromatic N) is 1. The van der Waals surface area contributed by atoms with E-state index in [1.165, 1.54) is 31.1 Å². The van der Waals surface area contributed by atoms with Gasteiger partial charge in [0.05, 0.1) is 36.8 Å². The second-order valence-corrected chi connectivity index (χ2v) is 8.06. The lowest BCUT2D eigenvalue weighted by molar-refractivity contribution is -0.138. The molecule has 0 amide bonds. The van der Waals surface area contributed by atoms with E-state index < -0.39 is 29.6 Å². The second kappa shape index (κ2) is 9.30. The van der Waals surface area contributed by atoms with Crippen LogP contribution < -0.4 is 10.6 Å². The van der Waals surface area contributed by atoms with Crippen LogP contribution in [0, 0.1) is 0 Å². The van der Waals surface area contributed by atoms with Gasteiger partial charge in [0.1, 0.15) is 5.82 Å². The van der Waals surface area contributed by atoms with Crippen molar-refractivity contribution in [2.24, 2.45) is 5.73 Å². The Kier molecular flexibility index (Phi) is 6.87. The Morgan fingerprint density at radius 2 is 1.58 bits per heavy atom. The summed E-state index contributed by atoms with van der Waals surface area (Å²) in [7, 11) is 2.33. The van der Waals surface area contributed by atoms with Crippen molar-refractivity contribution in [2.45, 2.75) is 19.0 Å². The number of allylic oxidation sites excluding steroid dienone is 1. The SMILES string of the molecule is COC(=O)C1=C(C)N(c2cccc(C(F)(F)F)c2)C(N)=C(C(=O)OC)C1c1ccc(Br)cc1. The highest BCUT2D eigenvalue weighted by molar-refractivity contribution is 9.10. The Bertz CT molecular complexity index is 1120. The largest absolute Gasteiger partial charge is 0.466 e. The summed E-state index contributed by atoms with van der Waals surface area (Å²) in [5.74, 6) is -2.70. The van der Waals surface area contributed by atoms with Crippen molar-refractivity contribution >= 4 is 33.6 Å². The maximum atomic E-state index is 13.3. The van der Waals surface area contributed by atoms with E-state index in [1.54, 1.807) is 24.3 Å². The van der Waals surface area contributed by atoms with Crippen LogP contribution in [0.3, 0.4) is 0 Å². The molecule has 2 N–H and O–H groups in total. The van der Waals surface area contributed by atoms with E-state index in [9.17, 15) is 22.8 Å². The van der Waals surface area contributed by atoms with Crippen LogP contribution in [-0.2, 0) is 25.2 Å². The van der Waals surface area contributed by atoms with E-state index in [4.69, 9.17) is 15.2 Å². The maximum absolute atomic E-state index is 13.3. The smallest absolute Gasteiger partial charge is 0.416 e. The van der Waals surface area contributed by atoms with Gasteiger partial charge in [-0.1, -0.05) is 34.1 Å². The molecule has 0 spiro atoms. The van der Waals surface area contributed by atoms with Crippen molar-refractivity contribution in [1.29, 1.82) is 0 Å². The van der Waals surface area contributed by atoms with E-state index in [1.807, 2.05) is 0 Å². The van der Waals surface area contributed by atoms with Crippen LogP contribution in [0.5, 0.6) is 0 Å². The number of esters is 2. The predicted octanol–water partition coefficient (Wildman–Crippen LogP) is 4.86. The zero-order chi connectivity index (χ0) is 24.5. The number of alkyl halides is 3. The molecule has 2 aromatic rings. The van der Waals surface area contributed by atoms with Crippen molar-refractivity contribution in [3.63, 3.8) is 0 Å². The molecule has 10 heteroatoms. The van der Waals surface area contributed by atoms with Crippen molar-refractivity contribution < 1.29 is 32.2 Å². The molecule has 0 saturated heterocycles. The number of methoxy groups -OCH3 is 2. The predicted molar refractivity (Wildman–Crippen MR) is 119 cm³/mol. The van der Waals surface area contributed by atoms with E-state index in [0.717, 1.165) is 23.7 Å². The maximum Gasteiger partial charge on any atom is 0.416 e. The fourth-order valence-corrected chi connectivity index (χ4v) is 4.04. The summed E-state index contributed by atoms with van der Waals surface area (Å²) in [5, 5.41) is 0. The highest BCUT2D eigenvalue weighted by Crippen LogP contribution is 2.44. The van der Waals surface area contributed by atoms with Gasteiger partial charge in [0.15, 0.2) is 0 Å². The number of ether oxygens (including phenoxy) is 2. The topological polar surface area (TPSA) is 81.9 Å². The highest BCUT2D eigenvalue weighted by Gasteiger charge is 2.42. The van der Waals surface area contributed by atoms with Crippen LogP contribution in [0.1, 0.15) is 24.0 Å². The number of carbonyl (C=O) groups excluding carboxylic acids is 2. The lowest BCUT2D eigenvalue weighted by atomic mass is 9.80. The van der Waals surface area contributed by atoms with E-state index in [2.05, 4.69) is 15.9 Å². The third kappa shape index (κ3) is 4.61. The molecule has 1 heterocycles. The average Bonchev–Trinajstić information content (AvgIpc) is 2.78. The van der Waals surface area contributed by atoms with Crippen molar-refractivity contribution in [2.75, 3.05) is 19.1 Å². The molecule has 0 fully saturated rings. The van der Waals surface area contributed by atoms with Gasteiger partial charge in [-0.25, -0.2) is 9.59 Å². The Hall–Kier alpha value is -3.27. The zero-order valence-corrected chi connectivity index (χ0v) is 19.5. The number of anilines is 1. The van der Waals surface area contributed by atoms with Crippen LogP contribution in [-0.4, -0.2) is 26.2 Å². The molecule has 1 aliphatic rings. The summed E-state index contributed by atoms with van der Waals surface area (Å²) in [6.45, 7) is 1.53. The lowest BCUT2D eigenvalue weighted by Crippen LogP contribution is -2.39. The highest BCUT2D eigenvalue weighted by atomic mass is 79.9. The lowest BCUT2D eigenvalue weighted by Gasteiger charge is -2.37. The summed E-state index contributed by atoms with van der Waals surface area (Å²) in [5.41, 5.74) is 6.21. The molecule has 33 heavy (non-hydrogen) atoms. The number of hydrogen-bond donors (Lipinski definition) is 1. The molecule has 0 bridgehead atoms. The van der Waals surface area contributed by atoms with Gasteiger partial charge >= 0.3 is 18.1 Å². The Labute approximate surface area is 196 Å². The van der Waals surface area contributed by atoms with Gasteiger partial charge in [-0.2, -0.15) is 13.2 Å². The quantitative estimate of drug-likeness (QED) is 0.575. The van der Waals surface area contributed by atoms with E-state index in [-0.39, 0.29) is 28.4 Å². The molecular formula is C23H20BrF3N2O4. The molecule has 1 atom stereocenters. The molecule has 174 valence electrons. The van der Waals surface area contributed by atoms with Gasteiger partial charge in [-0.3, -0.25) is 0 Å². The second-order valence-electron chi connectivity index (χ2n) is 7.15. The zero-order valence-electron chi connectivity index (χ0n) is 17.9. The van der Waals surface area contributed by atoms with Gasteiger partial charge in [0.25, 0.3) is 0 Å². The van der Waals surface area contributed by atoms with Crippen LogP contribution in [0.15, 0.2) is 75.7 Å². The first-order chi connectivity index (χ1) is 15.5. The Morgan fingerprint density at radius 1 is 1.00 bits per heavy atom. The van der Waals surface area contributed by atoms with E-state index in [0.29, 0.717) is 5.56 Å². The Morgan fingerprint density at radius 3 is 2.12 bits per heavy atom. The van der Waals surface area contributed by atoms with E-state index >= 15 is 0 Å². The standard InChI is InChI=1S/C23H20BrF3N2O4/c1-12-17(21(30)32-2)18(13-7-9-15(24)10-8-13)19(22(31)33-3)20(28)29(12)16-6-4-5-14(11-16)23(25,26)27/h4-11,18H,28H2,1-3H3. The van der Waals surface area contributed by atoms with Crippen LogP contribution in [0.2, 0.25) is 0 Å². The first-order valence-corrected chi connectivity index (χ1v) is 10.4. The minimum atomic E-state index is -4.60. The molecule has 1 aliphatic heterocycles. The number of benzene rings is 2. The third-order valence-electron chi connectivity index (χ3n) is 5.27. The molecule has 0 aromatic heterocycles. The fraction of sp³-hybridized carbons (Fsp3) is 0.217. The summed E-state index contributed by atoms with van der Waals surface area (Å²) in [6.07, 6.45) is -4.60. The minimum absolute atomic E-state index is 0.0249. The normalized spacial score (nSPS) is 16.7. The monoisotopic (exact) mass is 524 g/mol. The van der Waals surface area contributed by atoms with Crippen LogP contribution >= 0.6 is 15.9 Å². The summed E-state index contributed by atoms with van der Waals surface area (Å²) in [4.78, 5) is 27.0. The van der Waals surface area contributed by atoms with Crippen molar-refractivity contribution in [3.8, 4) is 0 Å². The van der Waals surface area contributed by atoms with Crippen LogP contribution in [0.25, 0.3) is 0 Å². The third-order valence-corrected chi connectivity index (χ3v) is 5.79. The van der Waals surface area contributed by atoms with Gasteiger partial charge in [-0.05, 0) is 42.8 Å². The van der Waals surface area contributed by atoms with Crippen molar-refractivity contribution in [3.05, 3.63) is 86.8 Å². The number of halogens is 4. The number of hydrogen-bond acceptors (Lipinski definition) is 6. The first-order valence-electron chi connectivity index (χ1n) is 9.61. The number of nitrogens with two attached hydrogens (primary N) is 1. The summed E-state index contributed by atoms with van der Waals surface area (Å²) in [6, 6.07) is 11.3. The number of carbonyl (C=O) groups is 2. The summed E-state index contributed by atoms with van der Waals surface area (Å²) >= 11 is 3.34. The van der Waals surface area contributed by atoms with Gasteiger partial charge in [0, 0.05) is 15.9 Å². The molecule has 6 nitrogen and oxygen atoms in total. The molecule has 0 radical (unpaired) electrons. The molecule has 2 aromatic carbocycles. The fourth-order valence-electron chi connectivity index (χ4n) is 3.77. The molecule has 0 saturated carbocycles. The average molecular weight is 525 g/mol. The summed E-state index contributed by atoms with van der Waals surface area (Å²) < 4.78 is 50.7. The molecule has 3 rings (SSSR count).